The van der Waals surface area contributed by atoms with Crippen LogP contribution in [0.1, 0.15) is 26.7 Å². The molecule has 2 amide bonds. The van der Waals surface area contributed by atoms with Gasteiger partial charge in [-0.05, 0) is 61.9 Å². The minimum absolute atomic E-state index is 0.127. The highest BCUT2D eigenvalue weighted by Crippen LogP contribution is 2.31. The molecule has 1 aliphatic rings. The second-order valence-corrected chi connectivity index (χ2v) is 8.02. The standard InChI is InChI=1S/C23H27N3O4S/c1-4-14-30-19-12-8-17(9-13-19)26-21(27)15-20(22(26)28)31-23(24-3)25-16-6-10-18(11-7-16)29-5-2/h6-13,20H,4-5,14-15H2,1-3H3,(H,24,25)/t20-/m0/s1. The summed E-state index contributed by atoms with van der Waals surface area (Å²) in [6, 6.07) is 14.5. The molecule has 1 N–H and O–H groups in total. The number of ether oxygens (including phenoxy) is 2. The fraction of sp³-hybridized carbons (Fsp3) is 0.348. The van der Waals surface area contributed by atoms with Gasteiger partial charge >= 0.3 is 0 Å². The minimum atomic E-state index is -0.530. The average molecular weight is 442 g/mol. The summed E-state index contributed by atoms with van der Waals surface area (Å²) in [5.74, 6) is 1.04. The molecule has 164 valence electrons. The highest BCUT2D eigenvalue weighted by molar-refractivity contribution is 8.15. The molecule has 0 unspecified atom stereocenters. The summed E-state index contributed by atoms with van der Waals surface area (Å²) in [5.41, 5.74) is 1.38. The van der Waals surface area contributed by atoms with Gasteiger partial charge in [-0.15, -0.1) is 0 Å². The van der Waals surface area contributed by atoms with Gasteiger partial charge in [-0.2, -0.15) is 0 Å². The monoisotopic (exact) mass is 441 g/mol. The number of anilines is 2. The van der Waals surface area contributed by atoms with Gasteiger partial charge in [-0.25, -0.2) is 4.90 Å². The van der Waals surface area contributed by atoms with Crippen molar-refractivity contribution in [1.82, 2.24) is 0 Å². The van der Waals surface area contributed by atoms with Gasteiger partial charge in [0.25, 0.3) is 0 Å². The zero-order chi connectivity index (χ0) is 22.2. The summed E-state index contributed by atoms with van der Waals surface area (Å²) in [6.07, 6.45) is 1.04. The van der Waals surface area contributed by atoms with E-state index in [1.807, 2.05) is 38.1 Å². The third kappa shape index (κ3) is 5.79. The Kier molecular flexibility index (Phi) is 7.94. The van der Waals surface area contributed by atoms with E-state index in [1.165, 1.54) is 16.7 Å². The minimum Gasteiger partial charge on any atom is -0.494 e. The van der Waals surface area contributed by atoms with Gasteiger partial charge in [0.1, 0.15) is 16.7 Å². The quantitative estimate of drug-likeness (QED) is 0.373. The molecule has 0 saturated carbocycles. The van der Waals surface area contributed by atoms with Gasteiger partial charge in [-0.3, -0.25) is 14.6 Å². The Balaban J connectivity index is 1.64. The number of carbonyl (C=O) groups excluding carboxylic acids is 2. The van der Waals surface area contributed by atoms with Crippen molar-refractivity contribution in [1.29, 1.82) is 0 Å². The van der Waals surface area contributed by atoms with Crippen molar-refractivity contribution in [3.63, 3.8) is 0 Å². The third-order valence-electron chi connectivity index (χ3n) is 4.55. The summed E-state index contributed by atoms with van der Waals surface area (Å²) in [7, 11) is 1.65. The van der Waals surface area contributed by atoms with Crippen molar-refractivity contribution < 1.29 is 19.1 Å². The number of hydrogen-bond acceptors (Lipinski definition) is 6. The maximum absolute atomic E-state index is 12.9. The molecule has 1 aliphatic heterocycles. The number of hydrogen-bond donors (Lipinski definition) is 1. The van der Waals surface area contributed by atoms with Crippen LogP contribution in [0.25, 0.3) is 0 Å². The number of thioether (sulfide) groups is 1. The van der Waals surface area contributed by atoms with Crippen LogP contribution >= 0.6 is 11.8 Å². The van der Waals surface area contributed by atoms with E-state index < -0.39 is 5.25 Å². The lowest BCUT2D eigenvalue weighted by molar-refractivity contribution is -0.121. The molecule has 3 rings (SSSR count). The Hall–Kier alpha value is -3.00. The first-order chi connectivity index (χ1) is 15.0. The van der Waals surface area contributed by atoms with Gasteiger partial charge in [-0.1, -0.05) is 18.7 Å². The third-order valence-corrected chi connectivity index (χ3v) is 5.71. The second-order valence-electron chi connectivity index (χ2n) is 6.83. The number of carbonyl (C=O) groups is 2. The molecule has 0 aliphatic carbocycles. The van der Waals surface area contributed by atoms with Crippen molar-refractivity contribution in [2.45, 2.75) is 31.9 Å². The first-order valence-corrected chi connectivity index (χ1v) is 11.2. The summed E-state index contributed by atoms with van der Waals surface area (Å²) >= 11 is 1.26. The van der Waals surface area contributed by atoms with E-state index in [0.717, 1.165) is 23.6 Å². The molecule has 0 aromatic heterocycles. The normalized spacial score (nSPS) is 16.5. The van der Waals surface area contributed by atoms with E-state index in [2.05, 4.69) is 10.3 Å². The smallest absolute Gasteiger partial charge is 0.247 e. The van der Waals surface area contributed by atoms with Crippen LogP contribution in [0, 0.1) is 0 Å². The van der Waals surface area contributed by atoms with Crippen molar-refractivity contribution in [3.8, 4) is 11.5 Å². The number of amidine groups is 1. The molecule has 1 saturated heterocycles. The van der Waals surface area contributed by atoms with E-state index >= 15 is 0 Å². The predicted molar refractivity (Wildman–Crippen MR) is 125 cm³/mol. The molecule has 0 radical (unpaired) electrons. The number of nitrogens with one attached hydrogen (secondary N) is 1. The van der Waals surface area contributed by atoms with Crippen LogP contribution in [0.4, 0.5) is 11.4 Å². The fourth-order valence-corrected chi connectivity index (χ4v) is 4.06. The van der Waals surface area contributed by atoms with Gasteiger partial charge in [0.05, 0.1) is 18.9 Å². The summed E-state index contributed by atoms with van der Waals surface area (Å²) in [6.45, 7) is 5.20. The Bertz CT molecular complexity index is 929. The molecule has 1 atom stereocenters. The SMILES string of the molecule is CCCOc1ccc(N2C(=O)C[C@H](SC(=NC)Nc3ccc(OCC)cc3)C2=O)cc1. The molecule has 2 aromatic carbocycles. The number of benzene rings is 2. The van der Waals surface area contributed by atoms with Gasteiger partial charge in [0.2, 0.25) is 11.8 Å². The van der Waals surface area contributed by atoms with Crippen molar-refractivity contribution in [2.75, 3.05) is 30.5 Å². The Morgan fingerprint density at radius 3 is 2.32 bits per heavy atom. The van der Waals surface area contributed by atoms with E-state index in [0.29, 0.717) is 24.1 Å². The van der Waals surface area contributed by atoms with Crippen LogP contribution < -0.4 is 19.7 Å². The highest BCUT2D eigenvalue weighted by Gasteiger charge is 2.40. The molecular weight excluding hydrogens is 414 g/mol. The number of aliphatic imine (C=N–C) groups is 1. The molecule has 1 heterocycles. The maximum Gasteiger partial charge on any atom is 0.247 e. The maximum atomic E-state index is 12.9. The molecule has 2 aromatic rings. The molecule has 0 spiro atoms. The molecule has 8 heteroatoms. The lowest BCUT2D eigenvalue weighted by Gasteiger charge is -2.16. The molecule has 7 nitrogen and oxygen atoms in total. The largest absolute Gasteiger partial charge is 0.494 e. The zero-order valence-electron chi connectivity index (χ0n) is 18.0. The van der Waals surface area contributed by atoms with Gasteiger partial charge in [0, 0.05) is 19.2 Å². The number of rotatable bonds is 8. The first kappa shape index (κ1) is 22.7. The van der Waals surface area contributed by atoms with Crippen molar-refractivity contribution >= 4 is 40.1 Å². The number of nitrogens with zero attached hydrogens (tertiary/aromatic N) is 2. The molecule has 0 bridgehead atoms. The first-order valence-electron chi connectivity index (χ1n) is 10.3. The predicted octanol–water partition coefficient (Wildman–Crippen LogP) is 4.34. The number of amides is 2. The van der Waals surface area contributed by atoms with Crippen LogP contribution in [0.15, 0.2) is 53.5 Å². The molecular formula is C23H27N3O4S. The summed E-state index contributed by atoms with van der Waals surface area (Å²) < 4.78 is 11.0. The Morgan fingerprint density at radius 1 is 1.06 bits per heavy atom. The average Bonchev–Trinajstić information content (AvgIpc) is 3.06. The molecule has 31 heavy (non-hydrogen) atoms. The lowest BCUT2D eigenvalue weighted by atomic mass is 10.3. The van der Waals surface area contributed by atoms with Crippen LogP contribution in [0.2, 0.25) is 0 Å². The van der Waals surface area contributed by atoms with Crippen molar-refractivity contribution in [3.05, 3.63) is 48.5 Å². The van der Waals surface area contributed by atoms with E-state index in [4.69, 9.17) is 9.47 Å². The van der Waals surface area contributed by atoms with E-state index in [1.54, 1.807) is 31.3 Å². The summed E-state index contributed by atoms with van der Waals surface area (Å²) in [4.78, 5) is 31.0. The van der Waals surface area contributed by atoms with E-state index in [9.17, 15) is 9.59 Å². The summed E-state index contributed by atoms with van der Waals surface area (Å²) in [5, 5.41) is 3.24. The van der Waals surface area contributed by atoms with Gasteiger partial charge < -0.3 is 14.8 Å². The number of imide groups is 1. The Labute approximate surface area is 186 Å². The Morgan fingerprint density at radius 2 is 1.71 bits per heavy atom. The van der Waals surface area contributed by atoms with Crippen LogP contribution in [0.3, 0.4) is 0 Å². The topological polar surface area (TPSA) is 80.2 Å². The second kappa shape index (κ2) is 10.9. The van der Waals surface area contributed by atoms with Crippen LogP contribution in [0.5, 0.6) is 11.5 Å². The highest BCUT2D eigenvalue weighted by atomic mass is 32.2. The van der Waals surface area contributed by atoms with Crippen LogP contribution in [-0.4, -0.2) is 42.5 Å². The van der Waals surface area contributed by atoms with Gasteiger partial charge in [0.15, 0.2) is 5.17 Å². The fourth-order valence-electron chi connectivity index (χ4n) is 3.08. The zero-order valence-corrected chi connectivity index (χ0v) is 18.8. The van der Waals surface area contributed by atoms with Crippen LogP contribution in [-0.2, 0) is 9.59 Å². The lowest BCUT2D eigenvalue weighted by Crippen LogP contribution is -2.31. The molecule has 1 fully saturated rings. The van der Waals surface area contributed by atoms with E-state index in [-0.39, 0.29) is 18.2 Å². The van der Waals surface area contributed by atoms with Crippen molar-refractivity contribution in [2.24, 2.45) is 4.99 Å².